The Hall–Kier alpha value is -1.34. The first-order valence-corrected chi connectivity index (χ1v) is 5.70. The lowest BCUT2D eigenvalue weighted by Gasteiger charge is -2.38. The molecule has 0 aliphatic carbocycles. The number of nitrogens with two attached hydrogens (primary N) is 1. The smallest absolute Gasteiger partial charge is 0.321 e. The van der Waals surface area contributed by atoms with Crippen LogP contribution in [0.2, 0.25) is 0 Å². The van der Waals surface area contributed by atoms with Crippen LogP contribution in [0.1, 0.15) is 0 Å². The molecule has 2 aliphatic heterocycles. The number of primary amides is 1. The Bertz CT molecular complexity index is 304. The second-order valence-electron chi connectivity index (χ2n) is 4.07. The number of ether oxygens (including phenoxy) is 2. The van der Waals surface area contributed by atoms with E-state index in [1.165, 1.54) is 4.90 Å². The van der Waals surface area contributed by atoms with E-state index in [-0.39, 0.29) is 12.6 Å². The van der Waals surface area contributed by atoms with Crippen LogP contribution in [0.15, 0.2) is 0 Å². The maximum absolute atomic E-state index is 12.2. The first kappa shape index (κ1) is 12.1. The van der Waals surface area contributed by atoms with Gasteiger partial charge in [-0.2, -0.15) is 0 Å². The standard InChI is InChI=1S/C10H17N3O4/c11-9(14)8-7-17-6-3-13(8)10(15)12-1-4-16-5-2-12/h8H,1-7H2,(H2,11,14). The molecular weight excluding hydrogens is 226 g/mol. The Kier molecular flexibility index (Phi) is 3.80. The molecular formula is C10H17N3O4. The van der Waals surface area contributed by atoms with Crippen molar-refractivity contribution in [3.05, 3.63) is 0 Å². The molecule has 7 heteroatoms. The van der Waals surface area contributed by atoms with Crippen molar-refractivity contribution in [2.24, 2.45) is 5.73 Å². The molecule has 3 amide bonds. The fraction of sp³-hybridized carbons (Fsp3) is 0.800. The van der Waals surface area contributed by atoms with E-state index in [1.54, 1.807) is 4.90 Å². The number of morpholine rings is 2. The van der Waals surface area contributed by atoms with Crippen molar-refractivity contribution in [2.45, 2.75) is 6.04 Å². The lowest BCUT2D eigenvalue weighted by atomic mass is 10.2. The zero-order valence-corrected chi connectivity index (χ0v) is 9.63. The Balaban J connectivity index is 2.02. The van der Waals surface area contributed by atoms with Crippen LogP contribution in [-0.2, 0) is 14.3 Å². The average molecular weight is 243 g/mol. The lowest BCUT2D eigenvalue weighted by Crippen LogP contribution is -2.59. The molecule has 0 radical (unpaired) electrons. The van der Waals surface area contributed by atoms with Crippen LogP contribution in [0, 0.1) is 0 Å². The molecule has 7 nitrogen and oxygen atoms in total. The number of carbonyl (C=O) groups is 2. The molecule has 0 saturated carbocycles. The predicted molar refractivity (Wildman–Crippen MR) is 58.3 cm³/mol. The van der Waals surface area contributed by atoms with Gasteiger partial charge < -0.3 is 25.0 Å². The predicted octanol–water partition coefficient (Wildman–Crippen LogP) is -1.38. The normalized spacial score (nSPS) is 25.8. The van der Waals surface area contributed by atoms with E-state index in [4.69, 9.17) is 15.2 Å². The van der Waals surface area contributed by atoms with Crippen LogP contribution in [0.4, 0.5) is 4.79 Å². The molecule has 96 valence electrons. The summed E-state index contributed by atoms with van der Waals surface area (Å²) in [6.45, 7) is 3.23. The van der Waals surface area contributed by atoms with Gasteiger partial charge in [-0.3, -0.25) is 4.79 Å². The maximum Gasteiger partial charge on any atom is 0.321 e. The van der Waals surface area contributed by atoms with Crippen molar-refractivity contribution in [2.75, 3.05) is 46.1 Å². The van der Waals surface area contributed by atoms with Gasteiger partial charge in [-0.1, -0.05) is 0 Å². The molecule has 0 aromatic carbocycles. The van der Waals surface area contributed by atoms with Gasteiger partial charge >= 0.3 is 6.03 Å². The topological polar surface area (TPSA) is 85.1 Å². The summed E-state index contributed by atoms with van der Waals surface area (Å²) >= 11 is 0. The molecule has 2 saturated heterocycles. The highest BCUT2D eigenvalue weighted by molar-refractivity contribution is 5.86. The quantitative estimate of drug-likeness (QED) is 0.615. The molecule has 2 N–H and O–H groups in total. The van der Waals surface area contributed by atoms with Crippen molar-refractivity contribution in [3.8, 4) is 0 Å². The fourth-order valence-corrected chi connectivity index (χ4v) is 2.00. The highest BCUT2D eigenvalue weighted by Crippen LogP contribution is 2.11. The van der Waals surface area contributed by atoms with Gasteiger partial charge in [0, 0.05) is 19.6 Å². The molecule has 2 fully saturated rings. The largest absolute Gasteiger partial charge is 0.378 e. The Morgan fingerprint density at radius 1 is 1.06 bits per heavy atom. The summed E-state index contributed by atoms with van der Waals surface area (Å²) in [5.41, 5.74) is 5.27. The number of urea groups is 1. The monoisotopic (exact) mass is 243 g/mol. The van der Waals surface area contributed by atoms with Crippen molar-refractivity contribution >= 4 is 11.9 Å². The Morgan fingerprint density at radius 2 is 1.71 bits per heavy atom. The molecule has 0 aromatic rings. The van der Waals surface area contributed by atoms with Gasteiger partial charge in [-0.15, -0.1) is 0 Å². The van der Waals surface area contributed by atoms with E-state index in [1.807, 2.05) is 0 Å². The van der Waals surface area contributed by atoms with Crippen LogP contribution in [0.3, 0.4) is 0 Å². The number of hydrogen-bond donors (Lipinski definition) is 1. The van der Waals surface area contributed by atoms with E-state index in [9.17, 15) is 9.59 Å². The Morgan fingerprint density at radius 3 is 2.35 bits per heavy atom. The van der Waals surface area contributed by atoms with Gasteiger partial charge in [0.15, 0.2) is 0 Å². The third kappa shape index (κ3) is 2.67. The summed E-state index contributed by atoms with van der Waals surface area (Å²) in [6, 6.07) is -0.806. The molecule has 0 spiro atoms. The summed E-state index contributed by atoms with van der Waals surface area (Å²) in [4.78, 5) is 26.6. The minimum Gasteiger partial charge on any atom is -0.378 e. The Labute approximate surface area is 99.4 Å². The van der Waals surface area contributed by atoms with E-state index in [0.29, 0.717) is 39.5 Å². The lowest BCUT2D eigenvalue weighted by molar-refractivity contribution is -0.127. The molecule has 2 aliphatic rings. The molecule has 17 heavy (non-hydrogen) atoms. The van der Waals surface area contributed by atoms with Gasteiger partial charge in [-0.25, -0.2) is 4.79 Å². The van der Waals surface area contributed by atoms with Crippen LogP contribution < -0.4 is 5.73 Å². The molecule has 2 heterocycles. The highest BCUT2D eigenvalue weighted by atomic mass is 16.5. The second kappa shape index (κ2) is 5.33. The van der Waals surface area contributed by atoms with Crippen LogP contribution >= 0.6 is 0 Å². The zero-order chi connectivity index (χ0) is 12.3. The summed E-state index contributed by atoms with van der Waals surface area (Å²) in [6.07, 6.45) is 0. The van der Waals surface area contributed by atoms with Crippen molar-refractivity contribution in [1.82, 2.24) is 9.80 Å². The van der Waals surface area contributed by atoms with Gasteiger partial charge in [0.25, 0.3) is 0 Å². The van der Waals surface area contributed by atoms with Crippen LogP contribution in [-0.4, -0.2) is 73.8 Å². The number of nitrogens with zero attached hydrogens (tertiary/aromatic N) is 2. The van der Waals surface area contributed by atoms with E-state index >= 15 is 0 Å². The summed E-state index contributed by atoms with van der Waals surface area (Å²) < 4.78 is 10.4. The number of amides is 3. The van der Waals surface area contributed by atoms with Gasteiger partial charge in [0.1, 0.15) is 6.04 Å². The zero-order valence-electron chi connectivity index (χ0n) is 9.63. The third-order valence-electron chi connectivity index (χ3n) is 2.98. The van der Waals surface area contributed by atoms with Crippen LogP contribution in [0.25, 0.3) is 0 Å². The van der Waals surface area contributed by atoms with Gasteiger partial charge in [0.05, 0.1) is 26.4 Å². The summed E-state index contributed by atoms with van der Waals surface area (Å²) in [5, 5.41) is 0. The van der Waals surface area contributed by atoms with Gasteiger partial charge in [-0.05, 0) is 0 Å². The second-order valence-corrected chi connectivity index (χ2v) is 4.07. The van der Waals surface area contributed by atoms with E-state index in [2.05, 4.69) is 0 Å². The molecule has 0 bridgehead atoms. The molecule has 0 aromatic heterocycles. The molecule has 2 rings (SSSR count). The first-order valence-electron chi connectivity index (χ1n) is 5.70. The van der Waals surface area contributed by atoms with E-state index in [0.717, 1.165) is 0 Å². The summed E-state index contributed by atoms with van der Waals surface area (Å²) in [7, 11) is 0. The third-order valence-corrected chi connectivity index (χ3v) is 2.98. The van der Waals surface area contributed by atoms with Gasteiger partial charge in [0.2, 0.25) is 5.91 Å². The van der Waals surface area contributed by atoms with Crippen molar-refractivity contribution in [3.63, 3.8) is 0 Å². The summed E-state index contributed by atoms with van der Waals surface area (Å²) in [5.74, 6) is -0.522. The minimum atomic E-state index is -0.654. The first-order chi connectivity index (χ1) is 8.20. The average Bonchev–Trinajstić information content (AvgIpc) is 2.39. The van der Waals surface area contributed by atoms with Crippen molar-refractivity contribution < 1.29 is 19.1 Å². The van der Waals surface area contributed by atoms with Crippen LogP contribution in [0.5, 0.6) is 0 Å². The minimum absolute atomic E-state index is 0.152. The molecule has 1 unspecified atom stereocenters. The highest BCUT2D eigenvalue weighted by Gasteiger charge is 2.34. The van der Waals surface area contributed by atoms with Crippen molar-refractivity contribution in [1.29, 1.82) is 0 Å². The number of carbonyl (C=O) groups excluding carboxylic acids is 2. The molecule has 1 atom stereocenters. The maximum atomic E-state index is 12.2. The van der Waals surface area contributed by atoms with E-state index < -0.39 is 11.9 Å². The number of hydrogen-bond acceptors (Lipinski definition) is 4. The SMILES string of the molecule is NC(=O)C1COCCN1C(=O)N1CCOCC1. The number of rotatable bonds is 1. The fourth-order valence-electron chi connectivity index (χ4n) is 2.00.